The van der Waals surface area contributed by atoms with Gasteiger partial charge in [-0.25, -0.2) is 9.59 Å². The Morgan fingerprint density at radius 3 is 2.31 bits per heavy atom. The van der Waals surface area contributed by atoms with Gasteiger partial charge in [-0.2, -0.15) is 0 Å². The van der Waals surface area contributed by atoms with Crippen LogP contribution in [0.4, 0.5) is 10.5 Å². The number of ether oxygens (including phenoxy) is 2. The van der Waals surface area contributed by atoms with E-state index in [-0.39, 0.29) is 31.7 Å². The minimum atomic E-state index is -0.679. The predicted octanol–water partition coefficient (Wildman–Crippen LogP) is 2.69. The van der Waals surface area contributed by atoms with Gasteiger partial charge in [0.05, 0.1) is 12.8 Å². The van der Waals surface area contributed by atoms with Gasteiger partial charge < -0.3 is 25.4 Å². The summed E-state index contributed by atoms with van der Waals surface area (Å²) < 4.78 is 9.95. The number of amides is 2. The molecule has 182 valence electrons. The van der Waals surface area contributed by atoms with Crippen LogP contribution in [-0.2, 0) is 25.7 Å². The maximum atomic E-state index is 12.6. The molecule has 2 amide bonds. The molecule has 4 N–H and O–H groups in total. The number of nitrogens with two attached hydrogens (primary N) is 1. The third kappa shape index (κ3) is 7.97. The molecule has 0 bridgehead atoms. The summed E-state index contributed by atoms with van der Waals surface area (Å²) in [5.41, 5.74) is 4.26. The Balaban J connectivity index is 1.68. The van der Waals surface area contributed by atoms with Crippen molar-refractivity contribution in [1.82, 2.24) is 5.32 Å². The highest BCUT2D eigenvalue weighted by atomic mass is 16.5. The fourth-order valence-electron chi connectivity index (χ4n) is 3.57. The van der Waals surface area contributed by atoms with Gasteiger partial charge in [0.15, 0.2) is 6.54 Å². The number of benzene rings is 3. The van der Waals surface area contributed by atoms with Gasteiger partial charge in [0.25, 0.3) is 0 Å². The van der Waals surface area contributed by atoms with Crippen LogP contribution in [0.1, 0.15) is 28.3 Å². The molecule has 0 aliphatic carbocycles. The van der Waals surface area contributed by atoms with Crippen LogP contribution in [-0.4, -0.2) is 38.2 Å². The second kappa shape index (κ2) is 12.9. The first-order chi connectivity index (χ1) is 17.0. The van der Waals surface area contributed by atoms with Crippen LogP contribution >= 0.6 is 0 Å². The SMILES string of the molecule is COC(=O)C[NH2+][C@@H](c1ccccc1)c1cc(C)ccc1NC(=O)CNC(=O)OCc1ccccc1. The van der Waals surface area contributed by atoms with E-state index < -0.39 is 12.0 Å². The number of carbonyl (C=O) groups is 3. The molecule has 8 nitrogen and oxygen atoms in total. The zero-order chi connectivity index (χ0) is 25.0. The fraction of sp³-hybridized carbons (Fsp3) is 0.222. The molecule has 0 saturated heterocycles. The molecule has 0 unspecified atom stereocenters. The maximum Gasteiger partial charge on any atom is 0.407 e. The molecule has 0 aromatic heterocycles. The number of quaternary nitrogens is 1. The molecule has 35 heavy (non-hydrogen) atoms. The molecular weight excluding hydrogens is 446 g/mol. The topological polar surface area (TPSA) is 110 Å². The van der Waals surface area contributed by atoms with E-state index in [0.29, 0.717) is 5.69 Å². The van der Waals surface area contributed by atoms with Crippen molar-refractivity contribution in [2.45, 2.75) is 19.6 Å². The molecule has 3 aromatic rings. The van der Waals surface area contributed by atoms with Crippen LogP contribution < -0.4 is 16.0 Å². The molecule has 0 aliphatic heterocycles. The number of rotatable bonds is 10. The quantitative estimate of drug-likeness (QED) is 0.390. The number of alkyl carbamates (subject to hydrolysis) is 1. The van der Waals surface area contributed by atoms with Crippen LogP contribution in [0.3, 0.4) is 0 Å². The first-order valence-corrected chi connectivity index (χ1v) is 11.3. The molecule has 3 rings (SSSR count). The lowest BCUT2D eigenvalue weighted by atomic mass is 9.95. The largest absolute Gasteiger partial charge is 0.465 e. The maximum absolute atomic E-state index is 12.6. The van der Waals surface area contributed by atoms with Crippen LogP contribution in [0.25, 0.3) is 0 Å². The molecule has 0 radical (unpaired) electrons. The summed E-state index contributed by atoms with van der Waals surface area (Å²) in [5, 5.41) is 7.21. The molecule has 0 aliphatic rings. The Morgan fingerprint density at radius 2 is 1.63 bits per heavy atom. The lowest BCUT2D eigenvalue weighted by molar-refractivity contribution is -0.677. The third-order valence-electron chi connectivity index (χ3n) is 5.33. The Hall–Kier alpha value is -4.17. The lowest BCUT2D eigenvalue weighted by Crippen LogP contribution is -2.87. The highest BCUT2D eigenvalue weighted by Gasteiger charge is 2.23. The zero-order valence-electron chi connectivity index (χ0n) is 19.8. The summed E-state index contributed by atoms with van der Waals surface area (Å²) in [5.74, 6) is -0.742. The van der Waals surface area contributed by atoms with Gasteiger partial charge in [0, 0.05) is 11.1 Å². The number of hydrogen-bond donors (Lipinski definition) is 3. The average molecular weight is 477 g/mol. The number of nitrogens with one attached hydrogen (secondary N) is 2. The van der Waals surface area contributed by atoms with Gasteiger partial charge in [-0.05, 0) is 24.6 Å². The van der Waals surface area contributed by atoms with E-state index in [1.807, 2.05) is 91.1 Å². The van der Waals surface area contributed by atoms with Crippen LogP contribution in [0.5, 0.6) is 0 Å². The monoisotopic (exact) mass is 476 g/mol. The van der Waals surface area contributed by atoms with Gasteiger partial charge in [-0.15, -0.1) is 0 Å². The summed E-state index contributed by atoms with van der Waals surface area (Å²) >= 11 is 0. The van der Waals surface area contributed by atoms with E-state index in [1.165, 1.54) is 7.11 Å². The van der Waals surface area contributed by atoms with Gasteiger partial charge in [0.1, 0.15) is 19.2 Å². The van der Waals surface area contributed by atoms with Gasteiger partial charge in [-0.1, -0.05) is 72.3 Å². The van der Waals surface area contributed by atoms with Crippen molar-refractivity contribution >= 4 is 23.7 Å². The van der Waals surface area contributed by atoms with Crippen molar-refractivity contribution in [3.63, 3.8) is 0 Å². The van der Waals surface area contributed by atoms with E-state index in [9.17, 15) is 14.4 Å². The van der Waals surface area contributed by atoms with Crippen molar-refractivity contribution < 1.29 is 29.2 Å². The summed E-state index contributed by atoms with van der Waals surface area (Å²) in [6, 6.07) is 24.4. The van der Waals surface area contributed by atoms with Gasteiger partial charge in [-0.3, -0.25) is 4.79 Å². The third-order valence-corrected chi connectivity index (χ3v) is 5.33. The lowest BCUT2D eigenvalue weighted by Gasteiger charge is -2.20. The first kappa shape index (κ1) is 25.5. The number of aryl methyl sites for hydroxylation is 1. The summed E-state index contributed by atoms with van der Waals surface area (Å²) in [7, 11) is 1.35. The highest BCUT2D eigenvalue weighted by molar-refractivity contribution is 5.94. The minimum absolute atomic E-state index is 0.116. The molecule has 0 saturated carbocycles. The van der Waals surface area contributed by atoms with Crippen molar-refractivity contribution in [3.05, 3.63) is 101 Å². The van der Waals surface area contributed by atoms with E-state index >= 15 is 0 Å². The van der Waals surface area contributed by atoms with E-state index in [4.69, 9.17) is 9.47 Å². The summed E-state index contributed by atoms with van der Waals surface area (Å²) in [6.45, 7) is 1.95. The normalized spacial score (nSPS) is 11.3. The Labute approximate surface area is 204 Å². The van der Waals surface area contributed by atoms with Crippen molar-refractivity contribution in [1.29, 1.82) is 0 Å². The van der Waals surface area contributed by atoms with Crippen molar-refractivity contribution in [3.8, 4) is 0 Å². The number of esters is 1. The molecule has 0 heterocycles. The highest BCUT2D eigenvalue weighted by Crippen LogP contribution is 2.27. The van der Waals surface area contributed by atoms with Crippen molar-refractivity contribution in [2.24, 2.45) is 0 Å². The molecule has 3 aromatic carbocycles. The number of anilines is 1. The summed E-state index contributed by atoms with van der Waals surface area (Å²) in [6.07, 6.45) is -0.679. The Bertz CT molecular complexity index is 1140. The van der Waals surface area contributed by atoms with E-state index in [1.54, 1.807) is 0 Å². The smallest absolute Gasteiger partial charge is 0.407 e. The minimum Gasteiger partial charge on any atom is -0.465 e. The number of carbonyl (C=O) groups excluding carboxylic acids is 3. The first-order valence-electron chi connectivity index (χ1n) is 11.3. The summed E-state index contributed by atoms with van der Waals surface area (Å²) in [4.78, 5) is 36.5. The average Bonchev–Trinajstić information content (AvgIpc) is 2.89. The zero-order valence-corrected chi connectivity index (χ0v) is 19.8. The second-order valence-corrected chi connectivity index (χ2v) is 7.96. The van der Waals surface area contributed by atoms with Crippen LogP contribution in [0, 0.1) is 6.92 Å². The molecular formula is C27H30N3O5+. The van der Waals surface area contributed by atoms with Crippen LogP contribution in [0.2, 0.25) is 0 Å². The van der Waals surface area contributed by atoms with Gasteiger partial charge in [0.2, 0.25) is 5.91 Å². The Morgan fingerprint density at radius 1 is 0.943 bits per heavy atom. The fourth-order valence-corrected chi connectivity index (χ4v) is 3.57. The molecule has 0 fully saturated rings. The van der Waals surface area contributed by atoms with E-state index in [2.05, 4.69) is 10.6 Å². The molecule has 8 heteroatoms. The molecule has 1 atom stereocenters. The number of hydrogen-bond acceptors (Lipinski definition) is 5. The second-order valence-electron chi connectivity index (χ2n) is 7.96. The van der Waals surface area contributed by atoms with Crippen LogP contribution in [0.15, 0.2) is 78.9 Å². The molecule has 0 spiro atoms. The van der Waals surface area contributed by atoms with Crippen molar-refractivity contribution in [2.75, 3.05) is 25.5 Å². The predicted molar refractivity (Wildman–Crippen MR) is 132 cm³/mol. The standard InChI is InChI=1S/C27H29N3O5/c1-19-13-14-23(30-24(31)16-29-27(33)35-18-20-9-5-3-6-10-20)22(15-19)26(28-17-25(32)34-2)21-11-7-4-8-12-21/h3-15,26,28H,16-18H2,1-2H3,(H,29,33)(H,30,31)/p+1/t26-/m0/s1. The Kier molecular flexibility index (Phi) is 9.39. The van der Waals surface area contributed by atoms with E-state index in [0.717, 1.165) is 22.3 Å². The van der Waals surface area contributed by atoms with Gasteiger partial charge >= 0.3 is 12.1 Å². The number of methoxy groups -OCH3 is 1.